The quantitative estimate of drug-likeness (QED) is 0.713. The molecule has 2 aliphatic rings. The van der Waals surface area contributed by atoms with Crippen molar-refractivity contribution in [3.63, 3.8) is 0 Å². The standard InChI is InChI=1S/C22H32N2O3/c1-16(2)14-24-10-11-27-20(15-24)13-23-22(26)9-8-21(25)19-7-6-17-4-3-5-18(17)12-19/h6-7,12,16,20H,3-5,8-11,13-15H2,1-2H3,(H,23,26). The maximum absolute atomic E-state index is 12.4. The van der Waals surface area contributed by atoms with Gasteiger partial charge in [0.25, 0.3) is 0 Å². The van der Waals surface area contributed by atoms with Crippen molar-refractivity contribution in [2.45, 2.75) is 52.1 Å². The van der Waals surface area contributed by atoms with Crippen molar-refractivity contribution in [1.82, 2.24) is 10.2 Å². The number of Topliss-reactive ketones (excluding diaryl/α,β-unsaturated/α-hetero) is 1. The molecule has 1 saturated heterocycles. The van der Waals surface area contributed by atoms with Crippen LogP contribution >= 0.6 is 0 Å². The van der Waals surface area contributed by atoms with E-state index in [-0.39, 0.29) is 30.6 Å². The maximum Gasteiger partial charge on any atom is 0.220 e. The van der Waals surface area contributed by atoms with Crippen LogP contribution in [-0.4, -0.2) is 55.5 Å². The first-order chi connectivity index (χ1) is 13.0. The highest BCUT2D eigenvalue weighted by Gasteiger charge is 2.21. The molecular formula is C22H32N2O3. The number of hydrogen-bond donors (Lipinski definition) is 1. The van der Waals surface area contributed by atoms with Crippen LogP contribution in [0.25, 0.3) is 0 Å². The van der Waals surface area contributed by atoms with Gasteiger partial charge in [0.2, 0.25) is 5.91 Å². The fourth-order valence-corrected chi connectivity index (χ4v) is 4.02. The minimum atomic E-state index is -0.0749. The molecule has 0 spiro atoms. The lowest BCUT2D eigenvalue weighted by Crippen LogP contribution is -2.48. The molecule has 1 aliphatic carbocycles. The van der Waals surface area contributed by atoms with Gasteiger partial charge in [-0.05, 0) is 42.4 Å². The Hall–Kier alpha value is -1.72. The van der Waals surface area contributed by atoms with Gasteiger partial charge in [0.1, 0.15) is 0 Å². The molecule has 5 heteroatoms. The van der Waals surface area contributed by atoms with Crippen LogP contribution in [0.15, 0.2) is 18.2 Å². The third-order valence-corrected chi connectivity index (χ3v) is 5.37. The Morgan fingerprint density at radius 3 is 2.85 bits per heavy atom. The predicted molar refractivity (Wildman–Crippen MR) is 106 cm³/mol. The molecule has 1 heterocycles. The van der Waals surface area contributed by atoms with Crippen molar-refractivity contribution in [3.8, 4) is 0 Å². The highest BCUT2D eigenvalue weighted by atomic mass is 16.5. The Morgan fingerprint density at radius 1 is 1.22 bits per heavy atom. The molecule has 1 atom stereocenters. The van der Waals surface area contributed by atoms with Crippen LogP contribution in [0.5, 0.6) is 0 Å². The third-order valence-electron chi connectivity index (χ3n) is 5.37. The number of morpholine rings is 1. The lowest BCUT2D eigenvalue weighted by atomic mass is 10.0. The van der Waals surface area contributed by atoms with Gasteiger partial charge in [0.05, 0.1) is 12.7 Å². The van der Waals surface area contributed by atoms with Gasteiger partial charge < -0.3 is 10.1 Å². The van der Waals surface area contributed by atoms with Crippen molar-refractivity contribution in [2.75, 3.05) is 32.8 Å². The SMILES string of the molecule is CC(C)CN1CCOC(CNC(=O)CCC(=O)c2ccc3c(c2)CCC3)C1. The largest absolute Gasteiger partial charge is 0.374 e. The van der Waals surface area contributed by atoms with Crippen LogP contribution in [0.1, 0.15) is 54.6 Å². The smallest absolute Gasteiger partial charge is 0.220 e. The Balaban J connectivity index is 1.38. The summed E-state index contributed by atoms with van der Waals surface area (Å²) in [6, 6.07) is 5.99. The van der Waals surface area contributed by atoms with Crippen LogP contribution < -0.4 is 5.32 Å². The van der Waals surface area contributed by atoms with Gasteiger partial charge in [-0.3, -0.25) is 14.5 Å². The molecule has 1 fully saturated rings. The normalized spacial score (nSPS) is 19.9. The number of ketones is 1. The molecule has 3 rings (SSSR count). The van der Waals surface area contributed by atoms with Gasteiger partial charge in [0.15, 0.2) is 5.78 Å². The first kappa shape index (κ1) is 20.0. The van der Waals surface area contributed by atoms with Gasteiger partial charge in [-0.1, -0.05) is 26.0 Å². The first-order valence-corrected chi connectivity index (χ1v) is 10.3. The summed E-state index contributed by atoms with van der Waals surface area (Å²) in [6.45, 7) is 8.52. The number of amides is 1. The molecule has 5 nitrogen and oxygen atoms in total. The van der Waals surface area contributed by atoms with Crippen LogP contribution in [0, 0.1) is 5.92 Å². The number of rotatable bonds is 8. The molecule has 0 radical (unpaired) electrons. The summed E-state index contributed by atoms with van der Waals surface area (Å²) in [5, 5.41) is 2.93. The van der Waals surface area contributed by atoms with E-state index in [0.29, 0.717) is 19.1 Å². The van der Waals surface area contributed by atoms with E-state index in [4.69, 9.17) is 4.74 Å². The van der Waals surface area contributed by atoms with E-state index >= 15 is 0 Å². The topological polar surface area (TPSA) is 58.6 Å². The second-order valence-electron chi connectivity index (χ2n) is 8.21. The molecule has 1 aromatic rings. The van der Waals surface area contributed by atoms with Crippen molar-refractivity contribution in [2.24, 2.45) is 5.92 Å². The maximum atomic E-state index is 12.4. The Bertz CT molecular complexity index is 672. The summed E-state index contributed by atoms with van der Waals surface area (Å²) in [4.78, 5) is 26.9. The zero-order valence-corrected chi connectivity index (χ0v) is 16.6. The summed E-state index contributed by atoms with van der Waals surface area (Å²) < 4.78 is 5.75. The van der Waals surface area contributed by atoms with E-state index in [1.807, 2.05) is 12.1 Å². The molecule has 1 aliphatic heterocycles. The third kappa shape index (κ3) is 5.88. The summed E-state index contributed by atoms with van der Waals surface area (Å²) in [5.41, 5.74) is 3.40. The van der Waals surface area contributed by atoms with E-state index in [1.54, 1.807) is 0 Å². The van der Waals surface area contributed by atoms with Gasteiger partial charge in [-0.15, -0.1) is 0 Å². The Kier molecular flexibility index (Phi) is 7.02. The minimum absolute atomic E-state index is 0.0360. The lowest BCUT2D eigenvalue weighted by Gasteiger charge is -2.33. The zero-order valence-electron chi connectivity index (χ0n) is 16.6. The van der Waals surface area contributed by atoms with E-state index in [1.165, 1.54) is 17.5 Å². The molecule has 1 unspecified atom stereocenters. The number of aryl methyl sites for hydroxylation is 2. The average Bonchev–Trinajstić information content (AvgIpc) is 3.12. The molecule has 0 bridgehead atoms. The van der Waals surface area contributed by atoms with Gasteiger partial charge >= 0.3 is 0 Å². The monoisotopic (exact) mass is 372 g/mol. The van der Waals surface area contributed by atoms with Crippen molar-refractivity contribution in [1.29, 1.82) is 0 Å². The Labute approximate surface area is 162 Å². The van der Waals surface area contributed by atoms with E-state index < -0.39 is 0 Å². The van der Waals surface area contributed by atoms with Gasteiger partial charge in [-0.2, -0.15) is 0 Å². The molecule has 1 aromatic carbocycles. The summed E-state index contributed by atoms with van der Waals surface area (Å²) in [6.07, 6.45) is 3.88. The minimum Gasteiger partial charge on any atom is -0.374 e. The fourth-order valence-electron chi connectivity index (χ4n) is 4.02. The first-order valence-electron chi connectivity index (χ1n) is 10.3. The molecular weight excluding hydrogens is 340 g/mol. The van der Waals surface area contributed by atoms with E-state index in [0.717, 1.165) is 38.0 Å². The van der Waals surface area contributed by atoms with E-state index in [2.05, 4.69) is 30.1 Å². The van der Waals surface area contributed by atoms with Crippen LogP contribution in [0.2, 0.25) is 0 Å². The highest BCUT2D eigenvalue weighted by molar-refractivity contribution is 5.98. The summed E-state index contributed by atoms with van der Waals surface area (Å²) in [7, 11) is 0. The van der Waals surface area contributed by atoms with Gasteiger partial charge in [0, 0.05) is 44.6 Å². The van der Waals surface area contributed by atoms with Crippen LogP contribution in [-0.2, 0) is 22.4 Å². The van der Waals surface area contributed by atoms with Gasteiger partial charge in [-0.25, -0.2) is 0 Å². The number of nitrogens with zero attached hydrogens (tertiary/aromatic N) is 1. The number of carbonyl (C=O) groups is 2. The lowest BCUT2D eigenvalue weighted by molar-refractivity contribution is -0.122. The molecule has 1 amide bonds. The average molecular weight is 373 g/mol. The molecule has 0 aromatic heterocycles. The van der Waals surface area contributed by atoms with Crippen molar-refractivity contribution in [3.05, 3.63) is 34.9 Å². The number of benzene rings is 1. The number of ether oxygens (including phenoxy) is 1. The second-order valence-corrected chi connectivity index (χ2v) is 8.21. The fraction of sp³-hybridized carbons (Fsp3) is 0.636. The van der Waals surface area contributed by atoms with Crippen LogP contribution in [0.4, 0.5) is 0 Å². The molecule has 27 heavy (non-hydrogen) atoms. The molecule has 148 valence electrons. The number of carbonyl (C=O) groups excluding carboxylic acids is 2. The van der Waals surface area contributed by atoms with E-state index in [9.17, 15) is 9.59 Å². The number of hydrogen-bond acceptors (Lipinski definition) is 4. The molecule has 1 N–H and O–H groups in total. The van der Waals surface area contributed by atoms with Crippen molar-refractivity contribution < 1.29 is 14.3 Å². The van der Waals surface area contributed by atoms with Crippen molar-refractivity contribution >= 4 is 11.7 Å². The molecule has 0 saturated carbocycles. The zero-order chi connectivity index (χ0) is 19.2. The predicted octanol–water partition coefficient (Wildman–Crippen LogP) is 2.61. The number of nitrogens with one attached hydrogen (secondary N) is 1. The second kappa shape index (κ2) is 9.47. The van der Waals surface area contributed by atoms with Crippen LogP contribution in [0.3, 0.4) is 0 Å². The Morgan fingerprint density at radius 2 is 2.04 bits per heavy atom. The highest BCUT2D eigenvalue weighted by Crippen LogP contribution is 2.23. The summed E-state index contributed by atoms with van der Waals surface area (Å²) >= 11 is 0. The summed E-state index contributed by atoms with van der Waals surface area (Å²) in [5.74, 6) is 0.606. The number of fused-ring (bicyclic) bond motifs is 1.